The molecule has 2 N–H and O–H groups in total. The molecule has 30 heavy (non-hydrogen) atoms. The van der Waals surface area contributed by atoms with Gasteiger partial charge in [-0.2, -0.15) is 0 Å². The Morgan fingerprint density at radius 1 is 1.23 bits per heavy atom. The number of pyridine rings is 1. The number of hydrogen-bond donors (Lipinski definition) is 2. The number of aromatic nitrogens is 5. The Hall–Kier alpha value is -2.54. The number of nitrogens with one attached hydrogen (secondary N) is 2. The molecule has 3 aromatic rings. The molecule has 2 heterocycles. The summed E-state index contributed by atoms with van der Waals surface area (Å²) in [6.07, 6.45) is 5.85. The summed E-state index contributed by atoms with van der Waals surface area (Å²) < 4.78 is 1.97. The Kier molecular flexibility index (Phi) is 5.73. The highest BCUT2D eigenvalue weighted by Gasteiger charge is 2.31. The van der Waals surface area contributed by atoms with Crippen molar-refractivity contribution in [3.63, 3.8) is 0 Å². The van der Waals surface area contributed by atoms with E-state index in [1.165, 1.54) is 30.6 Å². The number of H-pyrrole nitrogens is 1. The summed E-state index contributed by atoms with van der Waals surface area (Å²) in [4.78, 5) is 17.4. The molecule has 0 radical (unpaired) electrons. The molecule has 1 saturated carbocycles. The molecule has 7 heteroatoms. The second-order valence-electron chi connectivity index (χ2n) is 9.33. The van der Waals surface area contributed by atoms with Crippen LogP contribution in [-0.2, 0) is 18.6 Å². The van der Waals surface area contributed by atoms with Gasteiger partial charge in [-0.05, 0) is 80.3 Å². The van der Waals surface area contributed by atoms with Crippen LogP contribution >= 0.6 is 0 Å². The van der Waals surface area contributed by atoms with Gasteiger partial charge in [0.1, 0.15) is 13.1 Å². The summed E-state index contributed by atoms with van der Waals surface area (Å²) in [7, 11) is 0. The molecule has 0 spiro atoms. The Labute approximate surface area is 177 Å². The number of benzene rings is 1. The molecule has 1 aliphatic carbocycles. The number of tetrazole rings is 1. The highest BCUT2D eigenvalue weighted by molar-refractivity contribution is 5.81. The van der Waals surface area contributed by atoms with E-state index in [2.05, 4.69) is 53.4 Å². The molecule has 1 aromatic carbocycles. The number of hydrogen-bond acceptors (Lipinski definition) is 4. The number of aromatic amines is 1. The van der Waals surface area contributed by atoms with Gasteiger partial charge in [-0.1, -0.05) is 25.1 Å². The number of rotatable bonds is 7. The van der Waals surface area contributed by atoms with Crippen LogP contribution in [0.1, 0.15) is 69.8 Å². The van der Waals surface area contributed by atoms with Gasteiger partial charge in [0.05, 0.1) is 22.7 Å². The predicted octanol–water partition coefficient (Wildman–Crippen LogP) is 2.50. The summed E-state index contributed by atoms with van der Waals surface area (Å²) in [5, 5.41) is 13.7. The highest BCUT2D eigenvalue weighted by Crippen LogP contribution is 2.20. The van der Waals surface area contributed by atoms with E-state index >= 15 is 0 Å². The van der Waals surface area contributed by atoms with Crippen molar-refractivity contribution in [1.82, 2.24) is 25.2 Å². The minimum absolute atomic E-state index is 0.0146. The van der Waals surface area contributed by atoms with Crippen molar-refractivity contribution in [2.24, 2.45) is 0 Å². The molecule has 0 amide bonds. The Morgan fingerprint density at radius 2 is 2.00 bits per heavy atom. The summed E-state index contributed by atoms with van der Waals surface area (Å²) in [6.45, 7) is 9.93. The van der Waals surface area contributed by atoms with E-state index in [4.69, 9.17) is 0 Å². The van der Waals surface area contributed by atoms with E-state index in [0.29, 0.717) is 12.6 Å². The molecule has 1 aliphatic rings. The SMILES string of the molecule is CCC(C)(C)n1nnnc1C[NH+](Cc1cc2cccc(C)c2[nH]c1=O)C1CCCC1. The first-order valence-corrected chi connectivity index (χ1v) is 11.1. The lowest BCUT2D eigenvalue weighted by Gasteiger charge is -2.28. The molecular formula is C23H33N6O+. The van der Waals surface area contributed by atoms with Gasteiger partial charge < -0.3 is 9.88 Å². The van der Waals surface area contributed by atoms with Crippen LogP contribution < -0.4 is 10.5 Å². The lowest BCUT2D eigenvalue weighted by atomic mass is 10.0. The van der Waals surface area contributed by atoms with Gasteiger partial charge in [-0.3, -0.25) is 4.79 Å². The Balaban J connectivity index is 1.67. The number of quaternary nitrogens is 1. The monoisotopic (exact) mass is 409 g/mol. The van der Waals surface area contributed by atoms with Crippen LogP contribution in [0.25, 0.3) is 10.9 Å². The standard InChI is InChI=1S/C23H32N6O/c1-5-23(3,4)29-20(25-26-27-29)15-28(19-11-6-7-12-19)14-18-13-17-10-8-9-16(2)21(17)24-22(18)30/h8-10,13,19H,5-7,11-12,14-15H2,1-4H3,(H,24,30)/p+1. The maximum absolute atomic E-state index is 12.9. The Morgan fingerprint density at radius 3 is 2.73 bits per heavy atom. The summed E-state index contributed by atoms with van der Waals surface area (Å²) in [6, 6.07) is 8.75. The number of nitrogens with zero attached hydrogens (tertiary/aromatic N) is 4. The summed E-state index contributed by atoms with van der Waals surface area (Å²) in [5.74, 6) is 0.900. The second-order valence-corrected chi connectivity index (χ2v) is 9.33. The molecule has 0 aliphatic heterocycles. The van der Waals surface area contributed by atoms with E-state index < -0.39 is 0 Å². The smallest absolute Gasteiger partial charge is 0.257 e. The van der Waals surface area contributed by atoms with Crippen molar-refractivity contribution < 1.29 is 4.90 Å². The van der Waals surface area contributed by atoms with Crippen LogP contribution in [0.3, 0.4) is 0 Å². The van der Waals surface area contributed by atoms with Crippen molar-refractivity contribution in [3.05, 3.63) is 51.6 Å². The zero-order chi connectivity index (χ0) is 21.3. The van der Waals surface area contributed by atoms with Crippen LogP contribution in [0.15, 0.2) is 29.1 Å². The molecule has 0 bridgehead atoms. The number of aryl methyl sites for hydroxylation is 1. The van der Waals surface area contributed by atoms with Crippen molar-refractivity contribution in [2.75, 3.05) is 0 Å². The fraction of sp³-hybridized carbons (Fsp3) is 0.565. The fourth-order valence-corrected chi connectivity index (χ4v) is 4.63. The van der Waals surface area contributed by atoms with E-state index in [1.54, 1.807) is 0 Å². The van der Waals surface area contributed by atoms with Gasteiger partial charge in [0.15, 0.2) is 0 Å². The van der Waals surface area contributed by atoms with E-state index in [-0.39, 0.29) is 11.1 Å². The van der Waals surface area contributed by atoms with Crippen molar-refractivity contribution >= 4 is 10.9 Å². The lowest BCUT2D eigenvalue weighted by Crippen LogP contribution is -3.13. The van der Waals surface area contributed by atoms with Gasteiger partial charge in [0.25, 0.3) is 5.56 Å². The van der Waals surface area contributed by atoms with Crippen molar-refractivity contribution in [1.29, 1.82) is 0 Å². The van der Waals surface area contributed by atoms with E-state index in [0.717, 1.165) is 40.8 Å². The largest absolute Gasteiger partial charge is 0.322 e. The molecule has 0 saturated heterocycles. The molecule has 160 valence electrons. The molecule has 2 aromatic heterocycles. The molecular weight excluding hydrogens is 376 g/mol. The van der Waals surface area contributed by atoms with Crippen molar-refractivity contribution in [2.45, 2.75) is 84.5 Å². The average molecular weight is 410 g/mol. The first-order chi connectivity index (χ1) is 14.4. The molecule has 7 nitrogen and oxygen atoms in total. The zero-order valence-electron chi connectivity index (χ0n) is 18.5. The lowest BCUT2D eigenvalue weighted by molar-refractivity contribution is -0.952. The maximum atomic E-state index is 12.9. The van der Waals surface area contributed by atoms with Gasteiger partial charge in [0.2, 0.25) is 5.82 Å². The Bertz CT molecular complexity index is 1080. The number of fused-ring (bicyclic) bond motifs is 1. The average Bonchev–Trinajstić information content (AvgIpc) is 3.41. The summed E-state index contributed by atoms with van der Waals surface area (Å²) in [5.41, 5.74) is 2.75. The minimum atomic E-state index is -0.127. The van der Waals surface area contributed by atoms with Crippen LogP contribution in [0, 0.1) is 6.92 Å². The number of para-hydroxylation sites is 1. The van der Waals surface area contributed by atoms with E-state index in [9.17, 15) is 4.79 Å². The highest BCUT2D eigenvalue weighted by atomic mass is 16.1. The molecule has 1 fully saturated rings. The van der Waals surface area contributed by atoms with Gasteiger partial charge in [-0.25, -0.2) is 4.68 Å². The summed E-state index contributed by atoms with van der Waals surface area (Å²) >= 11 is 0. The van der Waals surface area contributed by atoms with E-state index in [1.807, 2.05) is 23.7 Å². The maximum Gasteiger partial charge on any atom is 0.257 e. The van der Waals surface area contributed by atoms with Crippen LogP contribution in [0.2, 0.25) is 0 Å². The topological polar surface area (TPSA) is 80.9 Å². The van der Waals surface area contributed by atoms with Gasteiger partial charge in [-0.15, -0.1) is 5.10 Å². The van der Waals surface area contributed by atoms with Crippen LogP contribution in [0.5, 0.6) is 0 Å². The fourth-order valence-electron chi connectivity index (χ4n) is 4.63. The van der Waals surface area contributed by atoms with Gasteiger partial charge in [0, 0.05) is 0 Å². The quantitative estimate of drug-likeness (QED) is 0.628. The third-order valence-electron chi connectivity index (χ3n) is 6.87. The van der Waals surface area contributed by atoms with Crippen LogP contribution in [-0.4, -0.2) is 31.2 Å². The third kappa shape index (κ3) is 4.03. The molecule has 4 rings (SSSR count). The molecule has 1 atom stereocenters. The molecule has 1 unspecified atom stereocenters. The van der Waals surface area contributed by atoms with Crippen molar-refractivity contribution in [3.8, 4) is 0 Å². The first-order valence-electron chi connectivity index (χ1n) is 11.1. The zero-order valence-corrected chi connectivity index (χ0v) is 18.5. The van der Waals surface area contributed by atoms with Gasteiger partial charge >= 0.3 is 0 Å². The minimum Gasteiger partial charge on any atom is -0.322 e. The second kappa shape index (κ2) is 8.30. The first kappa shape index (κ1) is 20.7. The van der Waals surface area contributed by atoms with Crippen LogP contribution in [0.4, 0.5) is 0 Å². The third-order valence-corrected chi connectivity index (χ3v) is 6.87. The normalized spacial score (nSPS) is 16.4. The predicted molar refractivity (Wildman–Crippen MR) is 117 cm³/mol.